The fourth-order valence-electron chi connectivity index (χ4n) is 3.83. The quantitative estimate of drug-likeness (QED) is 0.256. The van der Waals surface area contributed by atoms with Crippen LogP contribution in [0.1, 0.15) is 18.2 Å². The number of aliphatic hydroxyl groups excluding tert-OH is 2. The van der Waals surface area contributed by atoms with Gasteiger partial charge >= 0.3 is 5.97 Å². The molecule has 4 rings (SSSR count). The van der Waals surface area contributed by atoms with Gasteiger partial charge in [0.05, 0.1) is 6.33 Å². The number of aromatic nitrogens is 4. The van der Waals surface area contributed by atoms with Crippen molar-refractivity contribution in [2.75, 3.05) is 17.2 Å². The molecule has 176 valence electrons. The lowest BCUT2D eigenvalue weighted by atomic mass is 10.1. The monoisotopic (exact) mass is 475 g/mol. The molecule has 3 unspecified atom stereocenters. The number of aliphatic carboxylic acids is 1. The summed E-state index contributed by atoms with van der Waals surface area (Å²) in [5.74, 6) is 0.868. The van der Waals surface area contributed by atoms with Gasteiger partial charge in [-0.15, -0.1) is 0 Å². The van der Waals surface area contributed by atoms with Gasteiger partial charge in [0.1, 0.15) is 53.5 Å². The summed E-state index contributed by atoms with van der Waals surface area (Å²) >= 11 is 0. The smallest absolute Gasteiger partial charge is 0.320 e. The van der Waals surface area contributed by atoms with E-state index in [1.54, 1.807) is 0 Å². The highest BCUT2D eigenvalue weighted by molar-refractivity contribution is 7.96. The Morgan fingerprint density at radius 3 is 2.67 bits per heavy atom. The van der Waals surface area contributed by atoms with Gasteiger partial charge in [-0.2, -0.15) is 0 Å². The SMILES string of the molecule is Nc1ncnc2c1ncn2[C@@H]1O[C@H](C[S+](CC[C@H](N)C(=O)O)Cc2ccccc2)C(O)C1O. The zero-order valence-electron chi connectivity index (χ0n) is 17.8. The van der Waals surface area contributed by atoms with Crippen LogP contribution in [0.25, 0.3) is 11.2 Å². The average Bonchev–Trinajstić information content (AvgIpc) is 3.35. The summed E-state index contributed by atoms with van der Waals surface area (Å²) < 4.78 is 7.62. The molecule has 0 radical (unpaired) electrons. The Morgan fingerprint density at radius 2 is 1.94 bits per heavy atom. The predicted octanol–water partition coefficient (Wildman–Crippen LogP) is -0.352. The Balaban J connectivity index is 1.51. The molecule has 11 nitrogen and oxygen atoms in total. The third-order valence-corrected chi connectivity index (χ3v) is 8.00. The number of nitrogens with two attached hydrogens (primary N) is 2. The maximum Gasteiger partial charge on any atom is 0.320 e. The molecule has 12 heteroatoms. The summed E-state index contributed by atoms with van der Waals surface area (Å²) in [4.78, 5) is 23.5. The largest absolute Gasteiger partial charge is 0.480 e. The van der Waals surface area contributed by atoms with Gasteiger partial charge in [0.15, 0.2) is 17.7 Å². The first-order valence-corrected chi connectivity index (χ1v) is 12.2. The van der Waals surface area contributed by atoms with E-state index in [0.29, 0.717) is 34.8 Å². The minimum absolute atomic E-state index is 0.211. The van der Waals surface area contributed by atoms with Gasteiger partial charge in [-0.25, -0.2) is 15.0 Å². The Bertz CT molecular complexity index is 1100. The van der Waals surface area contributed by atoms with Crippen LogP contribution in [0.4, 0.5) is 5.82 Å². The molecule has 0 aliphatic carbocycles. The first-order chi connectivity index (χ1) is 15.8. The number of ether oxygens (including phenoxy) is 1. The van der Waals surface area contributed by atoms with Crippen molar-refractivity contribution in [1.29, 1.82) is 0 Å². The number of hydrogen-bond acceptors (Lipinski definition) is 9. The Hall–Kier alpha value is -2.77. The standard InChI is InChI=1S/C21H26N6O5S/c22-13(21(30)31)6-7-33(8-12-4-2-1-3-5-12)9-14-16(28)17(29)20(32-14)27-11-26-15-18(23)24-10-25-19(15)27/h1-5,10-11,13-14,16-17,20,28-29H,6-9,22H2,(H2-,23,24,25,30,31)/p+1/t13-,14+,16?,17?,20+,33?/m0/s1. The molecule has 33 heavy (non-hydrogen) atoms. The van der Waals surface area contributed by atoms with E-state index in [9.17, 15) is 15.0 Å². The van der Waals surface area contributed by atoms with Gasteiger partial charge in [0.25, 0.3) is 0 Å². The molecule has 1 saturated heterocycles. The number of carboxylic acid groups (broad SMARTS) is 1. The number of fused-ring (bicyclic) bond motifs is 1. The predicted molar refractivity (Wildman–Crippen MR) is 123 cm³/mol. The molecule has 7 N–H and O–H groups in total. The van der Waals surface area contributed by atoms with Crippen LogP contribution in [0.5, 0.6) is 0 Å². The lowest BCUT2D eigenvalue weighted by Crippen LogP contribution is -2.38. The number of benzene rings is 1. The van der Waals surface area contributed by atoms with E-state index in [1.165, 1.54) is 17.2 Å². The van der Waals surface area contributed by atoms with Crippen LogP contribution in [-0.4, -0.2) is 76.7 Å². The molecule has 3 aromatic rings. The van der Waals surface area contributed by atoms with Crippen molar-refractivity contribution in [1.82, 2.24) is 19.5 Å². The molecule has 2 aromatic heterocycles. The van der Waals surface area contributed by atoms with Gasteiger partial charge in [0, 0.05) is 12.0 Å². The van der Waals surface area contributed by atoms with E-state index in [1.807, 2.05) is 30.3 Å². The van der Waals surface area contributed by atoms with Crippen LogP contribution in [-0.2, 0) is 26.2 Å². The molecular formula is C21H27N6O5S+. The fraction of sp³-hybridized carbons (Fsp3) is 0.429. The van der Waals surface area contributed by atoms with Crippen molar-refractivity contribution < 1.29 is 24.9 Å². The van der Waals surface area contributed by atoms with E-state index in [-0.39, 0.29) is 16.7 Å². The van der Waals surface area contributed by atoms with Crippen LogP contribution >= 0.6 is 0 Å². The summed E-state index contributed by atoms with van der Waals surface area (Å²) in [6.07, 6.45) is -0.829. The zero-order chi connectivity index (χ0) is 23.5. The number of aliphatic hydroxyl groups is 2. The number of carbonyl (C=O) groups is 1. The summed E-state index contributed by atoms with van der Waals surface area (Å²) in [5.41, 5.74) is 13.4. The Kier molecular flexibility index (Phi) is 7.10. The van der Waals surface area contributed by atoms with E-state index in [4.69, 9.17) is 21.3 Å². The van der Waals surface area contributed by atoms with E-state index in [2.05, 4.69) is 15.0 Å². The second-order valence-corrected chi connectivity index (χ2v) is 10.2. The first-order valence-electron chi connectivity index (χ1n) is 10.5. The minimum Gasteiger partial charge on any atom is -0.480 e. The number of imidazole rings is 1. The molecule has 6 atom stereocenters. The topological polar surface area (TPSA) is 183 Å². The van der Waals surface area contributed by atoms with Crippen molar-refractivity contribution >= 4 is 33.8 Å². The molecule has 1 aliphatic rings. The molecule has 0 amide bonds. The number of rotatable bonds is 9. The number of nitrogen functional groups attached to an aromatic ring is 1. The fourth-order valence-corrected chi connectivity index (χ4v) is 6.25. The number of anilines is 1. The maximum atomic E-state index is 11.2. The van der Waals surface area contributed by atoms with E-state index < -0.39 is 36.6 Å². The Morgan fingerprint density at radius 1 is 1.18 bits per heavy atom. The normalized spacial score (nSPS) is 24.7. The van der Waals surface area contributed by atoms with Gasteiger partial charge in [-0.05, 0) is 10.9 Å². The number of carboxylic acids is 1. The molecule has 0 spiro atoms. The molecule has 1 aromatic carbocycles. The van der Waals surface area contributed by atoms with Crippen LogP contribution < -0.4 is 11.5 Å². The molecule has 3 heterocycles. The maximum absolute atomic E-state index is 11.2. The summed E-state index contributed by atoms with van der Waals surface area (Å²) in [5, 5.41) is 30.6. The van der Waals surface area contributed by atoms with Gasteiger partial charge in [0.2, 0.25) is 0 Å². The van der Waals surface area contributed by atoms with Crippen LogP contribution in [0.2, 0.25) is 0 Å². The highest BCUT2D eigenvalue weighted by Gasteiger charge is 2.47. The van der Waals surface area contributed by atoms with Crippen molar-refractivity contribution in [3.05, 3.63) is 48.5 Å². The van der Waals surface area contributed by atoms with Crippen molar-refractivity contribution in [2.45, 2.75) is 42.8 Å². The minimum atomic E-state index is -1.20. The second kappa shape index (κ2) is 10.0. The number of nitrogens with zero attached hydrogens (tertiary/aromatic N) is 4. The summed E-state index contributed by atoms with van der Waals surface area (Å²) in [6.45, 7) is 0. The van der Waals surface area contributed by atoms with Crippen LogP contribution in [0.15, 0.2) is 43.0 Å². The van der Waals surface area contributed by atoms with Gasteiger partial charge in [-0.1, -0.05) is 30.3 Å². The highest BCUT2D eigenvalue weighted by Crippen LogP contribution is 2.33. The van der Waals surface area contributed by atoms with E-state index in [0.717, 1.165) is 5.56 Å². The van der Waals surface area contributed by atoms with Crippen molar-refractivity contribution in [2.24, 2.45) is 5.73 Å². The third kappa shape index (κ3) is 5.09. The molecule has 1 fully saturated rings. The lowest BCUT2D eigenvalue weighted by molar-refractivity contribution is -0.138. The first kappa shape index (κ1) is 23.4. The number of hydrogen-bond donors (Lipinski definition) is 5. The zero-order valence-corrected chi connectivity index (χ0v) is 18.6. The Labute approximate surface area is 192 Å². The molecule has 0 bridgehead atoms. The van der Waals surface area contributed by atoms with Crippen molar-refractivity contribution in [3.63, 3.8) is 0 Å². The highest BCUT2D eigenvalue weighted by atomic mass is 32.2. The van der Waals surface area contributed by atoms with Crippen molar-refractivity contribution in [3.8, 4) is 0 Å². The molecular weight excluding hydrogens is 448 g/mol. The van der Waals surface area contributed by atoms with Gasteiger partial charge < -0.3 is 31.5 Å². The van der Waals surface area contributed by atoms with Crippen LogP contribution in [0.3, 0.4) is 0 Å². The van der Waals surface area contributed by atoms with Gasteiger partial charge in [-0.3, -0.25) is 9.36 Å². The summed E-state index contributed by atoms with van der Waals surface area (Å²) in [6, 6.07) is 8.87. The molecule has 0 saturated carbocycles. The van der Waals surface area contributed by atoms with E-state index >= 15 is 0 Å². The average molecular weight is 476 g/mol. The third-order valence-electron chi connectivity index (χ3n) is 5.65. The second-order valence-electron chi connectivity index (χ2n) is 7.98. The lowest BCUT2D eigenvalue weighted by Gasteiger charge is -2.17. The van der Waals surface area contributed by atoms with Crippen LogP contribution in [0, 0.1) is 0 Å². The summed E-state index contributed by atoms with van der Waals surface area (Å²) in [7, 11) is -0.341. The molecule has 1 aliphatic heterocycles.